The zero-order valence-electron chi connectivity index (χ0n) is 12.9. The highest BCUT2D eigenvalue weighted by Gasteiger charge is 2.17. The number of aromatic nitrogens is 3. The van der Waals surface area contributed by atoms with E-state index in [4.69, 9.17) is 0 Å². The highest BCUT2D eigenvalue weighted by atomic mass is 32.1. The van der Waals surface area contributed by atoms with E-state index in [0.717, 1.165) is 15.6 Å². The van der Waals surface area contributed by atoms with Crippen LogP contribution in [0.2, 0.25) is 0 Å². The molecule has 2 aromatic heterocycles. The number of carbonyl (C=O) groups excluding carboxylic acids is 1. The Morgan fingerprint density at radius 2 is 1.95 bits per heavy atom. The monoisotopic (exact) mass is 322 g/mol. The van der Waals surface area contributed by atoms with Crippen molar-refractivity contribution >= 4 is 17.2 Å². The summed E-state index contributed by atoms with van der Waals surface area (Å²) in [4.78, 5) is 45.1. The number of nitrogens with one attached hydrogen (secondary N) is 3. The quantitative estimate of drug-likeness (QED) is 0.776. The summed E-state index contributed by atoms with van der Waals surface area (Å²) in [5.41, 5.74) is 0.383. The largest absolute Gasteiger partial charge is 0.348 e. The lowest BCUT2D eigenvalue weighted by Crippen LogP contribution is -2.33. The van der Waals surface area contributed by atoms with Crippen molar-refractivity contribution in [1.82, 2.24) is 20.3 Å². The number of H-pyrrole nitrogens is 2. The van der Waals surface area contributed by atoms with Gasteiger partial charge in [0.05, 0.1) is 23.2 Å². The molecule has 22 heavy (non-hydrogen) atoms. The standard InChI is InChI=1S/C14H18N4O3S/c1-6-10(13(20)18-14(21)16-6)5-11(19)15-7(2)12-8(3)22-9(4)17-12/h7H,5H2,1-4H3,(H,15,19)(H2,16,18,20,21)/t7-/m0/s1. The summed E-state index contributed by atoms with van der Waals surface area (Å²) >= 11 is 1.58. The number of aryl methyl sites for hydroxylation is 3. The number of hydrogen-bond acceptors (Lipinski definition) is 5. The lowest BCUT2D eigenvalue weighted by Gasteiger charge is -2.13. The zero-order chi connectivity index (χ0) is 16.4. The molecule has 0 spiro atoms. The number of carbonyl (C=O) groups is 1. The summed E-state index contributed by atoms with van der Waals surface area (Å²) < 4.78 is 0. The zero-order valence-corrected chi connectivity index (χ0v) is 13.7. The minimum atomic E-state index is -0.575. The molecule has 1 amide bonds. The van der Waals surface area contributed by atoms with Crippen molar-refractivity contribution in [3.05, 3.63) is 47.7 Å². The molecule has 0 aromatic carbocycles. The molecule has 8 heteroatoms. The van der Waals surface area contributed by atoms with Crippen LogP contribution in [-0.4, -0.2) is 20.9 Å². The van der Waals surface area contributed by atoms with Crippen molar-refractivity contribution in [2.45, 2.75) is 40.2 Å². The van der Waals surface area contributed by atoms with E-state index < -0.39 is 11.2 Å². The predicted molar refractivity (Wildman–Crippen MR) is 84.3 cm³/mol. The van der Waals surface area contributed by atoms with Crippen molar-refractivity contribution in [1.29, 1.82) is 0 Å². The first kappa shape index (κ1) is 16.2. The van der Waals surface area contributed by atoms with E-state index in [0.29, 0.717) is 5.69 Å². The van der Waals surface area contributed by atoms with Gasteiger partial charge in [-0.25, -0.2) is 9.78 Å². The van der Waals surface area contributed by atoms with Gasteiger partial charge in [0.1, 0.15) is 0 Å². The van der Waals surface area contributed by atoms with E-state index in [9.17, 15) is 14.4 Å². The second-order valence-electron chi connectivity index (χ2n) is 5.15. The summed E-state index contributed by atoms with van der Waals surface area (Å²) in [7, 11) is 0. The molecule has 7 nitrogen and oxygen atoms in total. The second-order valence-corrected chi connectivity index (χ2v) is 6.56. The van der Waals surface area contributed by atoms with Gasteiger partial charge in [0.2, 0.25) is 5.91 Å². The van der Waals surface area contributed by atoms with Crippen LogP contribution < -0.4 is 16.6 Å². The van der Waals surface area contributed by atoms with Crippen molar-refractivity contribution in [3.8, 4) is 0 Å². The van der Waals surface area contributed by atoms with Gasteiger partial charge in [0, 0.05) is 16.1 Å². The van der Waals surface area contributed by atoms with Gasteiger partial charge in [-0.3, -0.25) is 14.6 Å². The summed E-state index contributed by atoms with van der Waals surface area (Å²) in [6.45, 7) is 7.32. The van der Waals surface area contributed by atoms with Gasteiger partial charge >= 0.3 is 5.69 Å². The Morgan fingerprint density at radius 3 is 2.50 bits per heavy atom. The fraction of sp³-hybridized carbons (Fsp3) is 0.429. The van der Waals surface area contributed by atoms with E-state index in [1.807, 2.05) is 20.8 Å². The van der Waals surface area contributed by atoms with Gasteiger partial charge in [-0.1, -0.05) is 0 Å². The van der Waals surface area contributed by atoms with Crippen LogP contribution in [0.5, 0.6) is 0 Å². The van der Waals surface area contributed by atoms with E-state index in [-0.39, 0.29) is 23.9 Å². The van der Waals surface area contributed by atoms with Crippen molar-refractivity contribution in [2.24, 2.45) is 0 Å². The van der Waals surface area contributed by atoms with Crippen LogP contribution in [-0.2, 0) is 11.2 Å². The molecule has 118 valence electrons. The predicted octanol–water partition coefficient (Wildman–Crippen LogP) is 0.865. The molecular weight excluding hydrogens is 304 g/mol. The molecule has 0 unspecified atom stereocenters. The minimum absolute atomic E-state index is 0.0928. The molecule has 0 saturated carbocycles. The van der Waals surface area contributed by atoms with E-state index >= 15 is 0 Å². The molecule has 0 aliphatic carbocycles. The molecule has 0 aliphatic rings. The van der Waals surface area contributed by atoms with Crippen molar-refractivity contribution < 1.29 is 4.79 Å². The highest BCUT2D eigenvalue weighted by molar-refractivity contribution is 7.11. The number of rotatable bonds is 4. The molecule has 0 aliphatic heterocycles. The lowest BCUT2D eigenvalue weighted by molar-refractivity contribution is -0.121. The normalized spacial score (nSPS) is 12.2. The fourth-order valence-electron chi connectivity index (χ4n) is 2.31. The van der Waals surface area contributed by atoms with Crippen LogP contribution in [0, 0.1) is 20.8 Å². The van der Waals surface area contributed by atoms with Crippen molar-refractivity contribution in [3.63, 3.8) is 0 Å². The number of hydrogen-bond donors (Lipinski definition) is 3. The van der Waals surface area contributed by atoms with Crippen LogP contribution in [0.4, 0.5) is 0 Å². The van der Waals surface area contributed by atoms with Crippen LogP contribution in [0.3, 0.4) is 0 Å². The SMILES string of the molecule is Cc1nc([C@H](C)NC(=O)Cc2c(C)[nH]c(=O)[nH]c2=O)c(C)s1. The smallest absolute Gasteiger partial charge is 0.325 e. The van der Waals surface area contributed by atoms with Crippen LogP contribution in [0.25, 0.3) is 0 Å². The van der Waals surface area contributed by atoms with E-state index in [1.165, 1.54) is 0 Å². The maximum absolute atomic E-state index is 12.1. The van der Waals surface area contributed by atoms with Gasteiger partial charge in [-0.15, -0.1) is 11.3 Å². The third-order valence-electron chi connectivity index (χ3n) is 3.32. The molecule has 0 saturated heterocycles. The summed E-state index contributed by atoms with van der Waals surface area (Å²) in [6.07, 6.45) is -0.0928. The Kier molecular flexibility index (Phi) is 4.60. The Morgan fingerprint density at radius 1 is 1.27 bits per heavy atom. The molecule has 0 radical (unpaired) electrons. The second kappa shape index (κ2) is 6.27. The van der Waals surface area contributed by atoms with E-state index in [2.05, 4.69) is 20.3 Å². The molecule has 1 atom stereocenters. The average Bonchev–Trinajstić information content (AvgIpc) is 2.73. The number of amides is 1. The fourth-order valence-corrected chi connectivity index (χ4v) is 3.22. The molecule has 2 heterocycles. The van der Waals surface area contributed by atoms with Crippen LogP contribution >= 0.6 is 11.3 Å². The molecule has 2 rings (SSSR count). The Balaban J connectivity index is 2.12. The van der Waals surface area contributed by atoms with Crippen LogP contribution in [0.15, 0.2) is 9.59 Å². The number of nitrogens with zero attached hydrogens (tertiary/aromatic N) is 1. The molecule has 2 aromatic rings. The first-order chi connectivity index (χ1) is 10.3. The van der Waals surface area contributed by atoms with Crippen LogP contribution in [0.1, 0.15) is 39.8 Å². The third-order valence-corrected chi connectivity index (χ3v) is 4.22. The summed E-state index contributed by atoms with van der Waals surface area (Å²) in [6, 6.07) is -0.236. The highest BCUT2D eigenvalue weighted by Crippen LogP contribution is 2.22. The maximum Gasteiger partial charge on any atom is 0.325 e. The van der Waals surface area contributed by atoms with Gasteiger partial charge in [-0.05, 0) is 27.7 Å². The maximum atomic E-state index is 12.1. The van der Waals surface area contributed by atoms with Gasteiger partial charge < -0.3 is 10.3 Å². The topological polar surface area (TPSA) is 108 Å². The van der Waals surface area contributed by atoms with Crippen molar-refractivity contribution in [2.75, 3.05) is 0 Å². The molecule has 0 fully saturated rings. The van der Waals surface area contributed by atoms with Gasteiger partial charge in [-0.2, -0.15) is 0 Å². The first-order valence-electron chi connectivity index (χ1n) is 6.83. The minimum Gasteiger partial charge on any atom is -0.348 e. The average molecular weight is 322 g/mol. The number of aromatic amines is 2. The Hall–Kier alpha value is -2.22. The van der Waals surface area contributed by atoms with Gasteiger partial charge in [0.15, 0.2) is 0 Å². The number of thiazole rings is 1. The Bertz CT molecular complexity index is 818. The molecule has 0 bridgehead atoms. The Labute approximate surface area is 130 Å². The summed E-state index contributed by atoms with van der Waals surface area (Å²) in [5, 5.41) is 3.77. The molecular formula is C14H18N4O3S. The third kappa shape index (κ3) is 3.51. The van der Waals surface area contributed by atoms with E-state index in [1.54, 1.807) is 18.3 Å². The molecule has 3 N–H and O–H groups in total. The summed E-state index contributed by atoms with van der Waals surface area (Å²) in [5.74, 6) is -0.293. The lowest BCUT2D eigenvalue weighted by atomic mass is 10.1. The first-order valence-corrected chi connectivity index (χ1v) is 7.65. The van der Waals surface area contributed by atoms with Gasteiger partial charge in [0.25, 0.3) is 5.56 Å².